The van der Waals surface area contributed by atoms with Crippen molar-refractivity contribution in [3.63, 3.8) is 0 Å². The Hall–Kier alpha value is -1.85. The van der Waals surface area contributed by atoms with Crippen LogP contribution in [0.5, 0.6) is 0 Å². The molecule has 1 aromatic heterocycles. The molecule has 1 N–H and O–H groups in total. The molecule has 4 rings (SSSR count). The highest BCUT2D eigenvalue weighted by Crippen LogP contribution is 2.28. The summed E-state index contributed by atoms with van der Waals surface area (Å²) >= 11 is 0. The first kappa shape index (κ1) is 16.6. The van der Waals surface area contributed by atoms with Crippen molar-refractivity contribution in [3.8, 4) is 0 Å². The number of hydrogen-bond acceptors (Lipinski definition) is 5. The van der Waals surface area contributed by atoms with Gasteiger partial charge in [0, 0.05) is 44.7 Å². The van der Waals surface area contributed by atoms with Crippen molar-refractivity contribution in [2.75, 3.05) is 42.5 Å². The summed E-state index contributed by atoms with van der Waals surface area (Å²) in [7, 11) is 0. The highest BCUT2D eigenvalue weighted by molar-refractivity contribution is 5.79. The minimum atomic E-state index is 0.165. The van der Waals surface area contributed by atoms with E-state index in [1.54, 1.807) is 6.33 Å². The lowest BCUT2D eigenvalue weighted by Gasteiger charge is -2.33. The topological polar surface area (TPSA) is 61.4 Å². The fourth-order valence-corrected chi connectivity index (χ4v) is 3.89. The Morgan fingerprint density at radius 3 is 2.24 bits per heavy atom. The molecule has 2 aliphatic heterocycles. The van der Waals surface area contributed by atoms with E-state index < -0.39 is 0 Å². The molecule has 6 nitrogen and oxygen atoms in total. The van der Waals surface area contributed by atoms with Crippen molar-refractivity contribution < 1.29 is 4.79 Å². The number of piperidine rings is 2. The molecule has 3 fully saturated rings. The first-order chi connectivity index (χ1) is 12.3. The Balaban J connectivity index is 1.31. The summed E-state index contributed by atoms with van der Waals surface area (Å²) < 4.78 is 0. The van der Waals surface area contributed by atoms with Gasteiger partial charge < -0.3 is 15.1 Å². The van der Waals surface area contributed by atoms with Gasteiger partial charge in [-0.05, 0) is 50.9 Å². The van der Waals surface area contributed by atoms with E-state index >= 15 is 0 Å². The van der Waals surface area contributed by atoms with Crippen LogP contribution in [0.1, 0.15) is 44.9 Å². The van der Waals surface area contributed by atoms with Gasteiger partial charge in [0.05, 0.1) is 0 Å². The molecule has 25 heavy (non-hydrogen) atoms. The van der Waals surface area contributed by atoms with Crippen LogP contribution in [0.4, 0.5) is 11.6 Å². The Morgan fingerprint density at radius 1 is 0.960 bits per heavy atom. The summed E-state index contributed by atoms with van der Waals surface area (Å²) in [6.07, 6.45) is 9.91. The van der Waals surface area contributed by atoms with Gasteiger partial charge in [-0.2, -0.15) is 0 Å². The minimum absolute atomic E-state index is 0.165. The highest BCUT2D eigenvalue weighted by Gasteiger charge is 2.28. The molecule has 0 bridgehead atoms. The Bertz CT molecular complexity index is 589. The maximum Gasteiger partial charge on any atom is 0.223 e. The molecule has 3 aliphatic rings. The molecule has 2 saturated heterocycles. The van der Waals surface area contributed by atoms with Crippen molar-refractivity contribution in [1.29, 1.82) is 0 Å². The molecule has 0 unspecified atom stereocenters. The van der Waals surface area contributed by atoms with Gasteiger partial charge >= 0.3 is 0 Å². The van der Waals surface area contributed by atoms with E-state index in [-0.39, 0.29) is 11.8 Å². The van der Waals surface area contributed by atoms with Crippen molar-refractivity contribution >= 4 is 17.5 Å². The van der Waals surface area contributed by atoms with Crippen molar-refractivity contribution in [2.45, 2.75) is 44.9 Å². The molecule has 6 heteroatoms. The van der Waals surface area contributed by atoms with Crippen molar-refractivity contribution in [1.82, 2.24) is 15.3 Å². The number of nitrogens with one attached hydrogen (secondary N) is 1. The summed E-state index contributed by atoms with van der Waals surface area (Å²) in [5.74, 6) is 3.22. The lowest BCUT2D eigenvalue weighted by Crippen LogP contribution is -2.41. The summed E-state index contributed by atoms with van der Waals surface area (Å²) in [5.41, 5.74) is 0. The average Bonchev–Trinajstić information content (AvgIpc) is 3.52. The second-order valence-corrected chi connectivity index (χ2v) is 7.73. The molecular weight excluding hydrogens is 314 g/mol. The molecule has 0 radical (unpaired) electrons. The third-order valence-corrected chi connectivity index (χ3v) is 5.77. The number of hydrogen-bond donors (Lipinski definition) is 1. The van der Waals surface area contributed by atoms with E-state index in [4.69, 9.17) is 0 Å². The van der Waals surface area contributed by atoms with Crippen LogP contribution < -0.4 is 15.1 Å². The number of amides is 1. The number of aromatic nitrogens is 2. The summed E-state index contributed by atoms with van der Waals surface area (Å²) in [5, 5.41) is 3.13. The first-order valence-electron chi connectivity index (χ1n) is 9.89. The third kappa shape index (κ3) is 4.22. The summed E-state index contributed by atoms with van der Waals surface area (Å²) in [6.45, 7) is 4.87. The lowest BCUT2D eigenvalue weighted by molar-refractivity contribution is -0.125. The molecule has 1 aliphatic carbocycles. The summed E-state index contributed by atoms with van der Waals surface area (Å²) in [4.78, 5) is 25.9. The lowest BCUT2D eigenvalue weighted by atomic mass is 9.96. The molecule has 136 valence electrons. The van der Waals surface area contributed by atoms with Crippen LogP contribution in [-0.4, -0.2) is 48.6 Å². The second kappa shape index (κ2) is 7.58. The first-order valence-corrected chi connectivity index (χ1v) is 9.89. The maximum absolute atomic E-state index is 12.3. The SMILES string of the molecule is O=C(NCC1CC1)C1CCN(c2cc(N3CCCCC3)ncn2)CC1. The molecular formula is C19H29N5O. The van der Waals surface area contributed by atoms with Crippen LogP contribution in [0.3, 0.4) is 0 Å². The molecule has 0 spiro atoms. The van der Waals surface area contributed by atoms with Gasteiger partial charge in [-0.3, -0.25) is 4.79 Å². The number of carbonyl (C=O) groups excluding carboxylic acids is 1. The van der Waals surface area contributed by atoms with Gasteiger partial charge in [-0.15, -0.1) is 0 Å². The van der Waals surface area contributed by atoms with E-state index in [0.717, 1.165) is 63.1 Å². The number of nitrogens with zero attached hydrogens (tertiary/aromatic N) is 4. The zero-order chi connectivity index (χ0) is 17.1. The Morgan fingerprint density at radius 2 is 1.60 bits per heavy atom. The molecule has 1 saturated carbocycles. The second-order valence-electron chi connectivity index (χ2n) is 7.73. The maximum atomic E-state index is 12.3. The van der Waals surface area contributed by atoms with Gasteiger partial charge in [0.15, 0.2) is 0 Å². The molecule has 0 aromatic carbocycles. The van der Waals surface area contributed by atoms with Crippen LogP contribution in [-0.2, 0) is 4.79 Å². The summed E-state index contributed by atoms with van der Waals surface area (Å²) in [6, 6.07) is 2.12. The minimum Gasteiger partial charge on any atom is -0.356 e. The molecule has 1 amide bonds. The largest absolute Gasteiger partial charge is 0.356 e. The van der Waals surface area contributed by atoms with Gasteiger partial charge in [0.1, 0.15) is 18.0 Å². The fraction of sp³-hybridized carbons (Fsp3) is 0.737. The third-order valence-electron chi connectivity index (χ3n) is 5.77. The van der Waals surface area contributed by atoms with Gasteiger partial charge in [-0.1, -0.05) is 0 Å². The van der Waals surface area contributed by atoms with Crippen LogP contribution in [0, 0.1) is 11.8 Å². The van der Waals surface area contributed by atoms with Gasteiger partial charge in [0.2, 0.25) is 5.91 Å². The van der Waals surface area contributed by atoms with Crippen molar-refractivity contribution in [3.05, 3.63) is 12.4 Å². The van der Waals surface area contributed by atoms with Crippen LogP contribution in [0.2, 0.25) is 0 Å². The highest BCUT2D eigenvalue weighted by atomic mass is 16.1. The average molecular weight is 343 g/mol. The molecule has 1 aromatic rings. The number of rotatable bonds is 5. The predicted octanol–water partition coefficient (Wildman–Crippen LogP) is 2.21. The Kier molecular flexibility index (Phi) is 5.04. The van der Waals surface area contributed by atoms with E-state index in [0.29, 0.717) is 0 Å². The van der Waals surface area contributed by atoms with E-state index in [1.165, 1.54) is 32.1 Å². The van der Waals surface area contributed by atoms with Crippen LogP contribution in [0.15, 0.2) is 12.4 Å². The van der Waals surface area contributed by atoms with Gasteiger partial charge in [-0.25, -0.2) is 9.97 Å². The smallest absolute Gasteiger partial charge is 0.223 e. The molecule has 0 atom stereocenters. The zero-order valence-corrected chi connectivity index (χ0v) is 15.0. The number of anilines is 2. The molecule has 3 heterocycles. The standard InChI is InChI=1S/C19H29N5O/c25-19(20-13-15-4-5-15)16-6-10-24(11-7-16)18-12-17(21-14-22-18)23-8-2-1-3-9-23/h12,14-16H,1-11,13H2,(H,20,25). The quantitative estimate of drug-likeness (QED) is 0.888. The normalized spacial score (nSPS) is 22.1. The predicted molar refractivity (Wildman–Crippen MR) is 98.8 cm³/mol. The van der Waals surface area contributed by atoms with Crippen LogP contribution in [0.25, 0.3) is 0 Å². The van der Waals surface area contributed by atoms with E-state index in [2.05, 4.69) is 31.2 Å². The van der Waals surface area contributed by atoms with Gasteiger partial charge in [0.25, 0.3) is 0 Å². The Labute approximate surface area is 150 Å². The van der Waals surface area contributed by atoms with E-state index in [1.807, 2.05) is 0 Å². The zero-order valence-electron chi connectivity index (χ0n) is 15.0. The van der Waals surface area contributed by atoms with Crippen LogP contribution >= 0.6 is 0 Å². The monoisotopic (exact) mass is 343 g/mol. The van der Waals surface area contributed by atoms with E-state index in [9.17, 15) is 4.79 Å². The van der Waals surface area contributed by atoms with Crippen molar-refractivity contribution in [2.24, 2.45) is 11.8 Å². The number of carbonyl (C=O) groups is 1. The fourth-order valence-electron chi connectivity index (χ4n) is 3.89.